The first-order valence-electron chi connectivity index (χ1n) is 9.46. The van der Waals surface area contributed by atoms with Crippen molar-refractivity contribution in [1.82, 2.24) is 14.8 Å². The van der Waals surface area contributed by atoms with Crippen LogP contribution in [0.4, 0.5) is 11.6 Å². The van der Waals surface area contributed by atoms with Gasteiger partial charge in [0, 0.05) is 11.6 Å². The molecule has 0 bridgehead atoms. The Morgan fingerprint density at radius 2 is 1.77 bits per heavy atom. The molecule has 0 saturated carbocycles. The lowest BCUT2D eigenvalue weighted by Gasteiger charge is -2.23. The Bertz CT molecular complexity index is 1130. The minimum atomic E-state index is -0.866. The minimum absolute atomic E-state index is 0.0667. The fraction of sp³-hybridized carbons (Fsp3) is 0.238. The predicted molar refractivity (Wildman–Crippen MR) is 112 cm³/mol. The van der Waals surface area contributed by atoms with Crippen LogP contribution in [-0.2, 0) is 9.59 Å². The molecule has 0 saturated heterocycles. The molecule has 0 aliphatic carbocycles. The number of benzene rings is 2. The average Bonchev–Trinajstić information content (AvgIpc) is 3.22. The van der Waals surface area contributed by atoms with Crippen LogP contribution in [0.15, 0.2) is 42.5 Å². The summed E-state index contributed by atoms with van der Waals surface area (Å²) in [7, 11) is 4.62. The lowest BCUT2D eigenvalue weighted by molar-refractivity contribution is -0.125. The Labute approximate surface area is 178 Å². The van der Waals surface area contributed by atoms with Crippen molar-refractivity contribution in [3.05, 3.63) is 42.5 Å². The van der Waals surface area contributed by atoms with Gasteiger partial charge in [0.25, 0.3) is 0 Å². The zero-order valence-electron chi connectivity index (χ0n) is 17.2. The van der Waals surface area contributed by atoms with Crippen LogP contribution in [0.5, 0.6) is 17.2 Å². The van der Waals surface area contributed by atoms with E-state index in [0.29, 0.717) is 28.8 Å². The van der Waals surface area contributed by atoms with E-state index in [9.17, 15) is 9.59 Å². The number of carbonyl (C=O) groups excluding carboxylic acids is 2. The van der Waals surface area contributed by atoms with Gasteiger partial charge in [-0.15, -0.1) is 5.10 Å². The molecule has 1 aliphatic heterocycles. The fourth-order valence-corrected chi connectivity index (χ4v) is 3.25. The quantitative estimate of drug-likeness (QED) is 0.626. The van der Waals surface area contributed by atoms with Crippen molar-refractivity contribution in [3.63, 3.8) is 0 Å². The summed E-state index contributed by atoms with van der Waals surface area (Å²) in [6.45, 7) is 0. The maximum Gasteiger partial charge on any atom is 0.250 e. The van der Waals surface area contributed by atoms with E-state index < -0.39 is 11.9 Å². The van der Waals surface area contributed by atoms with Crippen molar-refractivity contribution in [2.45, 2.75) is 12.5 Å². The number of aromatic nitrogens is 3. The highest BCUT2D eigenvalue weighted by atomic mass is 16.5. The van der Waals surface area contributed by atoms with E-state index in [4.69, 9.17) is 14.2 Å². The molecule has 0 radical (unpaired) electrons. The van der Waals surface area contributed by atoms with Crippen LogP contribution in [0.3, 0.4) is 0 Å². The molecule has 3 aromatic rings. The van der Waals surface area contributed by atoms with Gasteiger partial charge in [0.2, 0.25) is 17.8 Å². The van der Waals surface area contributed by atoms with Crippen LogP contribution in [-0.4, -0.2) is 47.9 Å². The topological polar surface area (TPSA) is 117 Å². The molecule has 2 N–H and O–H groups in total. The molecule has 1 atom stereocenters. The Morgan fingerprint density at radius 1 is 1.06 bits per heavy atom. The zero-order chi connectivity index (χ0) is 22.0. The molecule has 160 valence electrons. The van der Waals surface area contributed by atoms with Gasteiger partial charge in [-0.3, -0.25) is 14.9 Å². The van der Waals surface area contributed by atoms with E-state index in [1.165, 1.54) is 11.8 Å². The van der Waals surface area contributed by atoms with Gasteiger partial charge in [0.15, 0.2) is 5.82 Å². The highest BCUT2D eigenvalue weighted by Gasteiger charge is 2.33. The Balaban J connectivity index is 1.62. The summed E-state index contributed by atoms with van der Waals surface area (Å²) in [4.78, 5) is 29.6. The fourth-order valence-electron chi connectivity index (χ4n) is 3.25. The summed E-state index contributed by atoms with van der Waals surface area (Å²) in [5, 5.41) is 9.93. The first-order chi connectivity index (χ1) is 15.0. The highest BCUT2D eigenvalue weighted by molar-refractivity contribution is 6.01. The number of hydrogen-bond donors (Lipinski definition) is 2. The van der Waals surface area contributed by atoms with Gasteiger partial charge in [-0.25, -0.2) is 4.68 Å². The number of rotatable bonds is 6. The van der Waals surface area contributed by atoms with E-state index >= 15 is 0 Å². The Kier molecular flexibility index (Phi) is 5.44. The largest absolute Gasteiger partial charge is 0.497 e. The van der Waals surface area contributed by atoms with Gasteiger partial charge in [-0.2, -0.15) is 4.98 Å². The standard InChI is InChI=1S/C21H21N5O5/c1-29-13-6-4-12(5-7-13)19-24-21-23-18(27)11-16(26(21)25-19)20(28)22-15-9-8-14(30-2)10-17(15)31-3/h4-10,16H,11H2,1-3H3,(H,22,28)(H,23,24,25,27). The molecule has 1 aromatic heterocycles. The molecule has 4 rings (SSSR count). The van der Waals surface area contributed by atoms with E-state index in [0.717, 1.165) is 5.56 Å². The molecule has 2 aromatic carbocycles. The van der Waals surface area contributed by atoms with E-state index in [-0.39, 0.29) is 18.3 Å². The molecular formula is C21H21N5O5. The Hall–Kier alpha value is -4.08. The zero-order valence-corrected chi connectivity index (χ0v) is 17.2. The molecule has 2 heterocycles. The van der Waals surface area contributed by atoms with Crippen LogP contribution in [0, 0.1) is 0 Å². The van der Waals surface area contributed by atoms with Crippen LogP contribution in [0.25, 0.3) is 11.4 Å². The lowest BCUT2D eigenvalue weighted by Crippen LogP contribution is -2.36. The molecular weight excluding hydrogens is 402 g/mol. The molecule has 1 aliphatic rings. The number of ether oxygens (including phenoxy) is 3. The van der Waals surface area contributed by atoms with Crippen molar-refractivity contribution >= 4 is 23.5 Å². The maximum absolute atomic E-state index is 13.0. The summed E-state index contributed by atoms with van der Waals surface area (Å²) < 4.78 is 17.1. The van der Waals surface area contributed by atoms with Crippen molar-refractivity contribution in [2.24, 2.45) is 0 Å². The second kappa shape index (κ2) is 8.34. The third-order valence-corrected chi connectivity index (χ3v) is 4.87. The Morgan fingerprint density at radius 3 is 2.45 bits per heavy atom. The second-order valence-electron chi connectivity index (χ2n) is 6.76. The first kappa shape index (κ1) is 20.2. The van der Waals surface area contributed by atoms with Gasteiger partial charge in [0.1, 0.15) is 23.3 Å². The van der Waals surface area contributed by atoms with Crippen LogP contribution in [0.2, 0.25) is 0 Å². The van der Waals surface area contributed by atoms with Crippen molar-refractivity contribution in [2.75, 3.05) is 32.0 Å². The lowest BCUT2D eigenvalue weighted by atomic mass is 10.1. The third kappa shape index (κ3) is 4.00. The molecule has 2 amide bonds. The van der Waals surface area contributed by atoms with Gasteiger partial charge in [-0.05, 0) is 36.4 Å². The van der Waals surface area contributed by atoms with Crippen LogP contribution in [0.1, 0.15) is 12.5 Å². The van der Waals surface area contributed by atoms with Gasteiger partial charge < -0.3 is 19.5 Å². The smallest absolute Gasteiger partial charge is 0.250 e. The summed E-state index contributed by atoms with van der Waals surface area (Å²) in [6, 6.07) is 11.3. The van der Waals surface area contributed by atoms with Gasteiger partial charge in [-0.1, -0.05) is 0 Å². The van der Waals surface area contributed by atoms with E-state index in [1.807, 2.05) is 0 Å². The third-order valence-electron chi connectivity index (χ3n) is 4.87. The number of amides is 2. The van der Waals surface area contributed by atoms with Gasteiger partial charge >= 0.3 is 0 Å². The number of nitrogens with zero attached hydrogens (tertiary/aromatic N) is 3. The van der Waals surface area contributed by atoms with Crippen LogP contribution >= 0.6 is 0 Å². The number of nitrogens with one attached hydrogen (secondary N) is 2. The summed E-state index contributed by atoms with van der Waals surface area (Å²) in [5.41, 5.74) is 1.18. The van der Waals surface area contributed by atoms with Gasteiger partial charge in [0.05, 0.1) is 33.4 Å². The van der Waals surface area contributed by atoms with E-state index in [1.54, 1.807) is 56.7 Å². The molecule has 0 fully saturated rings. The summed E-state index contributed by atoms with van der Waals surface area (Å²) >= 11 is 0. The molecule has 1 unspecified atom stereocenters. The predicted octanol–water partition coefficient (Wildman–Crippen LogP) is 2.49. The first-order valence-corrected chi connectivity index (χ1v) is 9.46. The normalized spacial score (nSPS) is 14.9. The van der Waals surface area contributed by atoms with Crippen molar-refractivity contribution in [3.8, 4) is 28.6 Å². The number of hydrogen-bond acceptors (Lipinski definition) is 7. The minimum Gasteiger partial charge on any atom is -0.497 e. The number of anilines is 2. The summed E-state index contributed by atoms with van der Waals surface area (Å²) in [6.07, 6.45) is -0.0667. The molecule has 0 spiro atoms. The number of fused-ring (bicyclic) bond motifs is 1. The highest BCUT2D eigenvalue weighted by Crippen LogP contribution is 2.32. The second-order valence-corrected chi connectivity index (χ2v) is 6.76. The van der Waals surface area contributed by atoms with Crippen LogP contribution < -0.4 is 24.8 Å². The summed E-state index contributed by atoms with van der Waals surface area (Å²) in [5.74, 6) is 1.60. The van der Waals surface area contributed by atoms with E-state index in [2.05, 4.69) is 20.7 Å². The van der Waals surface area contributed by atoms with Crippen molar-refractivity contribution < 1.29 is 23.8 Å². The number of methoxy groups -OCH3 is 3. The maximum atomic E-state index is 13.0. The molecule has 10 nitrogen and oxygen atoms in total. The average molecular weight is 423 g/mol. The monoisotopic (exact) mass is 423 g/mol. The molecule has 31 heavy (non-hydrogen) atoms. The van der Waals surface area contributed by atoms with Crippen molar-refractivity contribution in [1.29, 1.82) is 0 Å². The SMILES string of the molecule is COc1ccc(-c2nc3n(n2)C(C(=O)Nc2ccc(OC)cc2OC)CC(=O)N3)cc1. The molecule has 10 heteroatoms. The number of carbonyl (C=O) groups is 2.